The Morgan fingerprint density at radius 2 is 1.95 bits per heavy atom. The molecule has 0 fully saturated rings. The first-order valence-electron chi connectivity index (χ1n) is 5.69. The molecule has 0 aliphatic rings. The van der Waals surface area contributed by atoms with Crippen molar-refractivity contribution in [3.05, 3.63) is 34.6 Å². The molecule has 21 heavy (non-hydrogen) atoms. The van der Waals surface area contributed by atoms with Crippen molar-refractivity contribution < 1.29 is 13.2 Å². The van der Waals surface area contributed by atoms with E-state index in [9.17, 15) is 13.2 Å². The first-order chi connectivity index (χ1) is 9.86. The van der Waals surface area contributed by atoms with Crippen LogP contribution in [0.25, 0.3) is 22.6 Å². The molecule has 9 heteroatoms. The lowest BCUT2D eigenvalue weighted by Crippen LogP contribution is -2.06. The molecule has 108 valence electrons. The number of aromatic nitrogens is 4. The van der Waals surface area contributed by atoms with E-state index in [0.29, 0.717) is 11.2 Å². The number of aromatic amines is 1. The third-order valence-electron chi connectivity index (χ3n) is 2.86. The molecule has 0 amide bonds. The molecule has 0 saturated carbocycles. The van der Waals surface area contributed by atoms with Crippen molar-refractivity contribution in [1.82, 2.24) is 19.9 Å². The summed E-state index contributed by atoms with van der Waals surface area (Å²) < 4.78 is 38.7. The van der Waals surface area contributed by atoms with Crippen molar-refractivity contribution in [1.29, 1.82) is 0 Å². The molecule has 0 aliphatic heterocycles. The van der Waals surface area contributed by atoms with Crippen LogP contribution in [0.3, 0.4) is 0 Å². The number of nitrogens with zero attached hydrogens (tertiary/aromatic N) is 3. The van der Waals surface area contributed by atoms with E-state index in [1.54, 1.807) is 0 Å². The molecular weight excluding hydrogens is 351 g/mol. The monoisotopic (exact) mass is 357 g/mol. The molecule has 2 aromatic heterocycles. The number of alkyl halides is 3. The van der Waals surface area contributed by atoms with Gasteiger partial charge in [-0.3, -0.25) is 0 Å². The number of hydrogen-bond donors (Lipinski definition) is 2. The standard InChI is InChI=1S/C12H7BrF3N5/c13-7-2-1-5(3-6(7)12(14,15)16)10-20-8-9(17)18-4-19-11(8)21-10/h1-4H,(H3,17,18,19,20,21). The summed E-state index contributed by atoms with van der Waals surface area (Å²) >= 11 is 2.89. The minimum atomic E-state index is -4.46. The van der Waals surface area contributed by atoms with Gasteiger partial charge in [-0.05, 0) is 12.1 Å². The maximum atomic E-state index is 12.9. The molecule has 0 spiro atoms. The van der Waals surface area contributed by atoms with Gasteiger partial charge in [-0.2, -0.15) is 13.2 Å². The van der Waals surface area contributed by atoms with E-state index >= 15 is 0 Å². The summed E-state index contributed by atoms with van der Waals surface area (Å²) in [7, 11) is 0. The van der Waals surface area contributed by atoms with Crippen molar-refractivity contribution in [2.24, 2.45) is 0 Å². The summed E-state index contributed by atoms with van der Waals surface area (Å²) in [6.07, 6.45) is -3.22. The van der Waals surface area contributed by atoms with E-state index in [0.717, 1.165) is 6.07 Å². The fourth-order valence-corrected chi connectivity index (χ4v) is 2.34. The van der Waals surface area contributed by atoms with Crippen LogP contribution >= 0.6 is 15.9 Å². The quantitative estimate of drug-likeness (QED) is 0.699. The number of nitrogens with two attached hydrogens (primary N) is 1. The second kappa shape index (κ2) is 4.69. The molecule has 0 atom stereocenters. The van der Waals surface area contributed by atoms with E-state index in [-0.39, 0.29) is 21.7 Å². The SMILES string of the molecule is Nc1ncnc2nc(-c3ccc(Br)c(C(F)(F)F)c3)[nH]c12. The van der Waals surface area contributed by atoms with Crippen LogP contribution in [-0.4, -0.2) is 19.9 Å². The van der Waals surface area contributed by atoms with Crippen molar-refractivity contribution in [3.8, 4) is 11.4 Å². The summed E-state index contributed by atoms with van der Waals surface area (Å²) in [6.45, 7) is 0. The lowest BCUT2D eigenvalue weighted by atomic mass is 10.1. The van der Waals surface area contributed by atoms with E-state index in [2.05, 4.69) is 35.9 Å². The first kappa shape index (κ1) is 13.8. The molecule has 0 aliphatic carbocycles. The Bertz CT molecular complexity index is 827. The molecule has 1 aromatic carbocycles. The second-order valence-corrected chi connectivity index (χ2v) is 5.09. The van der Waals surface area contributed by atoms with Crippen LogP contribution in [0.5, 0.6) is 0 Å². The van der Waals surface area contributed by atoms with Gasteiger partial charge in [-0.25, -0.2) is 15.0 Å². The predicted octanol–water partition coefficient (Wildman–Crippen LogP) is 3.38. The van der Waals surface area contributed by atoms with Crippen LogP contribution in [0, 0.1) is 0 Å². The van der Waals surface area contributed by atoms with Gasteiger partial charge in [0.1, 0.15) is 17.7 Å². The zero-order valence-electron chi connectivity index (χ0n) is 10.2. The minimum absolute atomic E-state index is 0.0332. The lowest BCUT2D eigenvalue weighted by molar-refractivity contribution is -0.138. The number of hydrogen-bond acceptors (Lipinski definition) is 4. The van der Waals surface area contributed by atoms with Gasteiger partial charge in [0, 0.05) is 10.0 Å². The zero-order chi connectivity index (χ0) is 15.2. The summed E-state index contributed by atoms with van der Waals surface area (Å²) in [5, 5.41) is 0. The topological polar surface area (TPSA) is 80.5 Å². The molecule has 0 bridgehead atoms. The number of rotatable bonds is 1. The fraction of sp³-hybridized carbons (Fsp3) is 0.0833. The Balaban J connectivity index is 2.17. The molecule has 0 saturated heterocycles. The van der Waals surface area contributed by atoms with Gasteiger partial charge in [0.05, 0.1) is 5.56 Å². The Kier molecular flexibility index (Phi) is 3.08. The largest absolute Gasteiger partial charge is 0.417 e. The Morgan fingerprint density at radius 1 is 1.19 bits per heavy atom. The van der Waals surface area contributed by atoms with Crippen molar-refractivity contribution >= 4 is 32.9 Å². The molecule has 3 aromatic rings. The maximum absolute atomic E-state index is 12.9. The number of fused-ring (bicyclic) bond motifs is 1. The number of imidazole rings is 1. The highest BCUT2D eigenvalue weighted by atomic mass is 79.9. The average molecular weight is 358 g/mol. The molecular formula is C12H7BrF3N5. The summed E-state index contributed by atoms with van der Waals surface area (Å²) in [6, 6.07) is 3.84. The summed E-state index contributed by atoms with van der Waals surface area (Å²) in [4.78, 5) is 14.7. The second-order valence-electron chi connectivity index (χ2n) is 4.24. The summed E-state index contributed by atoms with van der Waals surface area (Å²) in [5.41, 5.74) is 5.86. The average Bonchev–Trinajstić information content (AvgIpc) is 2.83. The number of anilines is 1. The van der Waals surface area contributed by atoms with Crippen molar-refractivity contribution in [2.45, 2.75) is 6.18 Å². The molecule has 0 unspecified atom stereocenters. The maximum Gasteiger partial charge on any atom is 0.417 e. The first-order valence-corrected chi connectivity index (χ1v) is 6.49. The van der Waals surface area contributed by atoms with Crippen LogP contribution < -0.4 is 5.73 Å². The molecule has 0 radical (unpaired) electrons. The Hall–Kier alpha value is -2.16. The number of H-pyrrole nitrogens is 1. The van der Waals surface area contributed by atoms with Gasteiger partial charge in [0.25, 0.3) is 0 Å². The highest BCUT2D eigenvalue weighted by Gasteiger charge is 2.33. The summed E-state index contributed by atoms with van der Waals surface area (Å²) in [5.74, 6) is 0.433. The number of benzene rings is 1. The smallest absolute Gasteiger partial charge is 0.382 e. The van der Waals surface area contributed by atoms with Gasteiger partial charge in [0.15, 0.2) is 11.5 Å². The van der Waals surface area contributed by atoms with E-state index < -0.39 is 11.7 Å². The van der Waals surface area contributed by atoms with Crippen LogP contribution in [0.2, 0.25) is 0 Å². The van der Waals surface area contributed by atoms with Crippen LogP contribution in [0.4, 0.5) is 19.0 Å². The lowest BCUT2D eigenvalue weighted by Gasteiger charge is -2.10. The zero-order valence-corrected chi connectivity index (χ0v) is 11.8. The third kappa shape index (κ3) is 2.44. The number of nitrogen functional groups attached to an aromatic ring is 1. The van der Waals surface area contributed by atoms with Crippen LogP contribution in [0.1, 0.15) is 5.56 Å². The van der Waals surface area contributed by atoms with E-state index in [1.165, 1.54) is 18.5 Å². The van der Waals surface area contributed by atoms with Crippen LogP contribution in [-0.2, 0) is 6.18 Å². The van der Waals surface area contributed by atoms with Gasteiger partial charge < -0.3 is 10.7 Å². The molecule has 3 rings (SSSR count). The number of nitrogens with one attached hydrogen (secondary N) is 1. The van der Waals surface area contributed by atoms with Crippen molar-refractivity contribution in [2.75, 3.05) is 5.73 Å². The highest BCUT2D eigenvalue weighted by Crippen LogP contribution is 2.37. The highest BCUT2D eigenvalue weighted by molar-refractivity contribution is 9.10. The normalized spacial score (nSPS) is 12.0. The van der Waals surface area contributed by atoms with Crippen molar-refractivity contribution in [3.63, 3.8) is 0 Å². The minimum Gasteiger partial charge on any atom is -0.382 e. The van der Waals surface area contributed by atoms with Gasteiger partial charge in [0.2, 0.25) is 0 Å². The van der Waals surface area contributed by atoms with Gasteiger partial charge in [-0.1, -0.05) is 22.0 Å². The molecule has 2 heterocycles. The number of halogens is 4. The Morgan fingerprint density at radius 3 is 2.62 bits per heavy atom. The predicted molar refractivity (Wildman–Crippen MR) is 74.2 cm³/mol. The fourth-order valence-electron chi connectivity index (χ4n) is 1.87. The molecule has 3 N–H and O–H groups in total. The molecule has 5 nitrogen and oxygen atoms in total. The third-order valence-corrected chi connectivity index (χ3v) is 3.55. The van der Waals surface area contributed by atoms with Gasteiger partial charge >= 0.3 is 6.18 Å². The Labute approximate surface area is 124 Å². The van der Waals surface area contributed by atoms with E-state index in [1.807, 2.05) is 0 Å². The van der Waals surface area contributed by atoms with Crippen LogP contribution in [0.15, 0.2) is 29.0 Å². The van der Waals surface area contributed by atoms with Gasteiger partial charge in [-0.15, -0.1) is 0 Å². The van der Waals surface area contributed by atoms with E-state index in [4.69, 9.17) is 5.73 Å².